The van der Waals surface area contributed by atoms with Crippen LogP contribution in [-0.2, 0) is 0 Å². The number of aromatic amines is 1. The summed E-state index contributed by atoms with van der Waals surface area (Å²) in [4.78, 5) is 29.3. The van der Waals surface area contributed by atoms with E-state index in [1.54, 1.807) is 12.1 Å². The first-order valence-electron chi connectivity index (χ1n) is 7.56. The maximum absolute atomic E-state index is 12.6. The van der Waals surface area contributed by atoms with Gasteiger partial charge in [0.05, 0.1) is 0 Å². The van der Waals surface area contributed by atoms with E-state index in [1.165, 1.54) is 0 Å². The first kappa shape index (κ1) is 13.9. The summed E-state index contributed by atoms with van der Waals surface area (Å²) < 4.78 is 0. The highest BCUT2D eigenvalue weighted by molar-refractivity contribution is 5.96. The van der Waals surface area contributed by atoms with Gasteiger partial charge in [0, 0.05) is 18.5 Å². The second kappa shape index (κ2) is 5.72. The number of likely N-dealkylation sites (tertiary alicyclic amines) is 1. The van der Waals surface area contributed by atoms with Crippen LogP contribution in [0.5, 0.6) is 0 Å². The number of nitrogens with zero attached hydrogens (tertiary/aromatic N) is 1. The van der Waals surface area contributed by atoms with Crippen LogP contribution in [0.3, 0.4) is 0 Å². The van der Waals surface area contributed by atoms with E-state index in [9.17, 15) is 9.59 Å². The molecule has 1 N–H and O–H groups in total. The minimum absolute atomic E-state index is 0.0630. The van der Waals surface area contributed by atoms with E-state index in [1.807, 2.05) is 23.1 Å². The highest BCUT2D eigenvalue weighted by Gasteiger charge is 2.20. The molecule has 1 aliphatic heterocycles. The largest absolute Gasteiger partial charge is 0.337 e. The topological polar surface area (TPSA) is 53.2 Å². The zero-order valence-electron chi connectivity index (χ0n) is 12.3. The third-order valence-corrected chi connectivity index (χ3v) is 4.29. The summed E-state index contributed by atoms with van der Waals surface area (Å²) in [6.45, 7) is 3.78. The van der Waals surface area contributed by atoms with Gasteiger partial charge in [0.1, 0.15) is 5.69 Å². The van der Waals surface area contributed by atoms with Crippen molar-refractivity contribution in [3.8, 4) is 0 Å². The van der Waals surface area contributed by atoms with Crippen LogP contribution in [-0.4, -0.2) is 28.9 Å². The van der Waals surface area contributed by atoms with Crippen molar-refractivity contribution in [1.82, 2.24) is 9.88 Å². The highest BCUT2D eigenvalue weighted by Crippen LogP contribution is 2.18. The summed E-state index contributed by atoms with van der Waals surface area (Å²) in [6, 6.07) is 9.13. The molecule has 1 aromatic carbocycles. The molecule has 2 heterocycles. The number of H-pyrrole nitrogens is 1. The standard InChI is InChI=1S/C17H20N2O2/c1-12-5-4-9-19(10-8-12)17(21)15-11-13-6-2-3-7-14(13)16(20)18-15/h2-3,6-7,11-12H,4-5,8-10H2,1H3,(H,18,20)/t12-/m1/s1. The lowest BCUT2D eigenvalue weighted by Crippen LogP contribution is -2.33. The fraction of sp³-hybridized carbons (Fsp3) is 0.412. The van der Waals surface area contributed by atoms with Crippen LogP contribution < -0.4 is 5.56 Å². The molecule has 21 heavy (non-hydrogen) atoms. The van der Waals surface area contributed by atoms with Gasteiger partial charge >= 0.3 is 0 Å². The molecule has 1 aromatic heterocycles. The first-order chi connectivity index (χ1) is 10.1. The van der Waals surface area contributed by atoms with Crippen molar-refractivity contribution in [2.24, 2.45) is 5.92 Å². The summed E-state index contributed by atoms with van der Waals surface area (Å²) in [7, 11) is 0. The average Bonchev–Trinajstić information content (AvgIpc) is 2.71. The number of hydrogen-bond acceptors (Lipinski definition) is 2. The molecule has 1 amide bonds. The quantitative estimate of drug-likeness (QED) is 0.875. The molecule has 0 saturated carbocycles. The lowest BCUT2D eigenvalue weighted by Gasteiger charge is -2.20. The van der Waals surface area contributed by atoms with Gasteiger partial charge in [-0.15, -0.1) is 0 Å². The Kier molecular flexibility index (Phi) is 3.78. The number of hydrogen-bond donors (Lipinski definition) is 1. The fourth-order valence-electron chi connectivity index (χ4n) is 2.96. The molecule has 4 nitrogen and oxygen atoms in total. The Balaban J connectivity index is 1.92. The molecule has 1 fully saturated rings. The van der Waals surface area contributed by atoms with Crippen LogP contribution in [0.4, 0.5) is 0 Å². The van der Waals surface area contributed by atoms with E-state index in [0.29, 0.717) is 17.0 Å². The van der Waals surface area contributed by atoms with Crippen molar-refractivity contribution in [3.05, 3.63) is 46.4 Å². The van der Waals surface area contributed by atoms with E-state index in [-0.39, 0.29) is 11.5 Å². The van der Waals surface area contributed by atoms with Gasteiger partial charge in [-0.05, 0) is 42.7 Å². The van der Waals surface area contributed by atoms with Gasteiger partial charge in [-0.3, -0.25) is 9.59 Å². The van der Waals surface area contributed by atoms with Crippen LogP contribution in [0.25, 0.3) is 10.8 Å². The molecule has 3 rings (SSSR count). The Bertz CT molecular complexity index is 720. The van der Waals surface area contributed by atoms with E-state index < -0.39 is 0 Å². The second-order valence-electron chi connectivity index (χ2n) is 5.93. The Morgan fingerprint density at radius 2 is 2.05 bits per heavy atom. The van der Waals surface area contributed by atoms with Crippen LogP contribution in [0.15, 0.2) is 35.1 Å². The lowest BCUT2D eigenvalue weighted by molar-refractivity contribution is 0.0754. The third-order valence-electron chi connectivity index (χ3n) is 4.29. The third kappa shape index (κ3) is 2.84. The van der Waals surface area contributed by atoms with Gasteiger partial charge in [-0.1, -0.05) is 25.1 Å². The first-order valence-corrected chi connectivity index (χ1v) is 7.56. The van der Waals surface area contributed by atoms with E-state index in [0.717, 1.165) is 37.7 Å². The minimum Gasteiger partial charge on any atom is -0.337 e. The summed E-state index contributed by atoms with van der Waals surface area (Å²) in [5.74, 6) is 0.602. The van der Waals surface area contributed by atoms with Crippen LogP contribution in [0, 0.1) is 5.92 Å². The summed E-state index contributed by atoms with van der Waals surface area (Å²) in [5.41, 5.74) is 0.202. The van der Waals surface area contributed by atoms with Crippen LogP contribution >= 0.6 is 0 Å². The molecule has 0 unspecified atom stereocenters. The number of pyridine rings is 1. The molecule has 0 radical (unpaired) electrons. The van der Waals surface area contributed by atoms with Gasteiger partial charge in [0.25, 0.3) is 11.5 Å². The van der Waals surface area contributed by atoms with E-state index in [4.69, 9.17) is 0 Å². The number of nitrogens with one attached hydrogen (secondary N) is 1. The van der Waals surface area contributed by atoms with E-state index >= 15 is 0 Å². The molecule has 0 spiro atoms. The van der Waals surface area contributed by atoms with Crippen molar-refractivity contribution in [2.75, 3.05) is 13.1 Å². The van der Waals surface area contributed by atoms with Gasteiger partial charge in [-0.25, -0.2) is 0 Å². The maximum Gasteiger partial charge on any atom is 0.270 e. The smallest absolute Gasteiger partial charge is 0.270 e. The Labute approximate surface area is 123 Å². The molecule has 1 aliphatic rings. The predicted octanol–water partition coefficient (Wildman–Crippen LogP) is 2.79. The van der Waals surface area contributed by atoms with Crippen molar-refractivity contribution in [1.29, 1.82) is 0 Å². The predicted molar refractivity (Wildman–Crippen MR) is 83.5 cm³/mol. The summed E-state index contributed by atoms with van der Waals surface area (Å²) in [6.07, 6.45) is 3.23. The molecule has 110 valence electrons. The zero-order chi connectivity index (χ0) is 14.8. The van der Waals surface area contributed by atoms with Crippen molar-refractivity contribution < 1.29 is 4.79 Å². The molecule has 4 heteroatoms. The van der Waals surface area contributed by atoms with Crippen molar-refractivity contribution in [3.63, 3.8) is 0 Å². The monoisotopic (exact) mass is 284 g/mol. The SMILES string of the molecule is C[C@@H]1CCCN(C(=O)c2cc3ccccc3c(=O)[nH]2)CC1. The molecular weight excluding hydrogens is 264 g/mol. The van der Waals surface area contributed by atoms with Gasteiger partial charge in [0.15, 0.2) is 0 Å². The van der Waals surface area contributed by atoms with E-state index in [2.05, 4.69) is 11.9 Å². The van der Waals surface area contributed by atoms with Gasteiger partial charge < -0.3 is 9.88 Å². The number of rotatable bonds is 1. The number of carbonyl (C=O) groups is 1. The summed E-state index contributed by atoms with van der Waals surface area (Å²) >= 11 is 0. The molecule has 0 bridgehead atoms. The van der Waals surface area contributed by atoms with Crippen molar-refractivity contribution in [2.45, 2.75) is 26.2 Å². The van der Waals surface area contributed by atoms with Crippen molar-refractivity contribution >= 4 is 16.7 Å². The molecule has 1 atom stereocenters. The normalized spacial score (nSPS) is 19.5. The van der Waals surface area contributed by atoms with Crippen LogP contribution in [0.2, 0.25) is 0 Å². The maximum atomic E-state index is 12.6. The Morgan fingerprint density at radius 1 is 1.24 bits per heavy atom. The summed E-state index contributed by atoms with van der Waals surface area (Å²) in [5, 5.41) is 1.44. The van der Waals surface area contributed by atoms with Gasteiger partial charge in [0.2, 0.25) is 0 Å². The Hall–Kier alpha value is -2.10. The number of aromatic nitrogens is 1. The zero-order valence-corrected chi connectivity index (χ0v) is 12.3. The molecule has 0 aliphatic carbocycles. The Morgan fingerprint density at radius 3 is 2.90 bits per heavy atom. The fourth-order valence-corrected chi connectivity index (χ4v) is 2.96. The van der Waals surface area contributed by atoms with Gasteiger partial charge in [-0.2, -0.15) is 0 Å². The molecular formula is C17H20N2O2. The average molecular weight is 284 g/mol. The number of fused-ring (bicyclic) bond motifs is 1. The molecule has 1 saturated heterocycles. The number of amides is 1. The lowest BCUT2D eigenvalue weighted by atomic mass is 10.0. The second-order valence-corrected chi connectivity index (χ2v) is 5.93. The number of carbonyl (C=O) groups excluding carboxylic acids is 1. The highest BCUT2D eigenvalue weighted by atomic mass is 16.2. The molecule has 2 aromatic rings. The minimum atomic E-state index is -0.195. The number of benzene rings is 1. The van der Waals surface area contributed by atoms with Crippen LogP contribution in [0.1, 0.15) is 36.7 Å².